The Hall–Kier alpha value is -7.00. The van der Waals surface area contributed by atoms with E-state index in [1.165, 1.54) is 22.3 Å². The number of ether oxygens (including phenoxy) is 2. The van der Waals surface area contributed by atoms with Gasteiger partial charge in [0.25, 0.3) is 0 Å². The molecule has 15 nitrogen and oxygen atoms in total. The van der Waals surface area contributed by atoms with Crippen LogP contribution in [0.2, 0.25) is 0 Å². The van der Waals surface area contributed by atoms with Crippen LogP contribution in [-0.2, 0) is 9.59 Å². The van der Waals surface area contributed by atoms with Crippen molar-refractivity contribution in [2.45, 2.75) is 50.0 Å². The first-order chi connectivity index (χ1) is 41.7. The van der Waals surface area contributed by atoms with Crippen molar-refractivity contribution in [2.75, 3.05) is 105 Å². The van der Waals surface area contributed by atoms with Crippen molar-refractivity contribution in [2.24, 2.45) is 11.8 Å². The Morgan fingerprint density at radius 3 is 1.34 bits per heavy atom. The predicted molar refractivity (Wildman–Crippen MR) is 332 cm³/mol. The molecule has 6 aromatic carbocycles. The topological polar surface area (TPSA) is 170 Å². The average Bonchev–Trinajstić information content (AvgIpc) is 3.69. The number of amides is 1. The number of likely N-dealkylation sites (tertiary alicyclic amines) is 2. The number of aromatic nitrogens is 2. The van der Waals surface area contributed by atoms with Crippen molar-refractivity contribution in [1.82, 2.24) is 39.8 Å². The normalized spacial score (nSPS) is 18.6. The SMILES string of the molecule is O=C(C1CCCN(C[C@@H](O)COc2cccc3ncccc23)C1)N1CCN(C(c2ccccc2)c2ccccc2)CC1.O=C([O-])C1CCCN(C[C@@H](O)COc2cccc3ncccc23)C1.[Li+].c1ccc(C(c2ccccc2)N2CCNCC2)cc1. The van der Waals surface area contributed by atoms with Gasteiger partial charge in [0.2, 0.25) is 5.91 Å². The summed E-state index contributed by atoms with van der Waals surface area (Å²) in [5, 5.41) is 37.3. The number of carboxylic acid groups (broad SMARTS) is 1. The Labute approximate surface area is 518 Å². The van der Waals surface area contributed by atoms with Gasteiger partial charge in [-0.25, -0.2) is 0 Å². The number of hydrogen-bond donors (Lipinski definition) is 3. The first-order valence-corrected chi connectivity index (χ1v) is 30.4. The zero-order chi connectivity index (χ0) is 58.6. The third-order valence-electron chi connectivity index (χ3n) is 16.7. The number of nitrogens with zero attached hydrogens (tertiary/aromatic N) is 7. The van der Waals surface area contributed by atoms with E-state index in [9.17, 15) is 24.9 Å². The van der Waals surface area contributed by atoms with E-state index >= 15 is 0 Å². The molecule has 0 saturated carbocycles. The molecule has 4 fully saturated rings. The number of β-amino-alcohol motifs (C(OH)–C–C–N with tert-alkyl or cyclic N) is 2. The number of carbonyl (C=O) groups excluding carboxylic acids is 2. The number of nitrogens with one attached hydrogen (secondary N) is 1. The molecular weight excluding hydrogens is 1070 g/mol. The van der Waals surface area contributed by atoms with E-state index in [1.54, 1.807) is 12.4 Å². The van der Waals surface area contributed by atoms with E-state index in [0.717, 1.165) is 112 Å². The second-order valence-corrected chi connectivity index (χ2v) is 22.7. The molecule has 4 aliphatic rings. The molecule has 0 aliphatic carbocycles. The number of benzene rings is 6. The second-order valence-electron chi connectivity index (χ2n) is 22.7. The Morgan fingerprint density at radius 2 is 0.907 bits per heavy atom. The molecule has 0 bridgehead atoms. The number of pyridine rings is 2. The molecule has 4 saturated heterocycles. The summed E-state index contributed by atoms with van der Waals surface area (Å²) in [7, 11) is 0. The minimum atomic E-state index is -1.01. The van der Waals surface area contributed by atoms with Gasteiger partial charge in [-0.05, 0) is 110 Å². The second kappa shape index (κ2) is 32.7. The van der Waals surface area contributed by atoms with Crippen LogP contribution in [0, 0.1) is 11.8 Å². The fourth-order valence-electron chi connectivity index (χ4n) is 12.5. The molecule has 6 heterocycles. The summed E-state index contributed by atoms with van der Waals surface area (Å²) in [6.45, 7) is 11.6. The first-order valence-electron chi connectivity index (χ1n) is 30.4. The molecule has 0 spiro atoms. The molecule has 1 amide bonds. The Balaban J connectivity index is 0.000000169. The molecule has 2 aromatic heterocycles. The minimum absolute atomic E-state index is 0. The number of piperazine rings is 2. The summed E-state index contributed by atoms with van der Waals surface area (Å²) < 4.78 is 11.7. The number of aliphatic carboxylic acids is 1. The zero-order valence-electron chi connectivity index (χ0n) is 49.6. The van der Waals surface area contributed by atoms with Gasteiger partial charge in [-0.1, -0.05) is 133 Å². The summed E-state index contributed by atoms with van der Waals surface area (Å²) in [6.07, 6.45) is 5.49. The summed E-state index contributed by atoms with van der Waals surface area (Å²) in [6, 6.07) is 62.6. The standard InChI is InChI=1S/C35H40N4O3.C18H22N2O4.C17H20N2.Li/c40-30(26-42-33-17-7-16-32-31(33)15-8-18-36-32)25-37-19-9-14-29(24-37)35(41)39-22-20-38(21-23-39)34(27-10-3-1-4-11-27)28-12-5-2-6-13-28;21-14(11-20-9-3-4-13(10-20)18(22)23)12-24-17-7-1-6-16-15(17)5-2-8-19-16;1-3-7-15(8-4-1)17(16-9-5-2-6-10-16)19-13-11-18-12-14-19;/h1-8,10-13,15-18,29-30,34,40H,9,14,19-26H2;1-2,5-8,13-14,21H,3-4,9-12H2,(H,22,23);1-10,17-18H,11-14H2;/q;;;+1/p-1/t29?,30-;13?,14-;;/m11../s1. The zero-order valence-corrected chi connectivity index (χ0v) is 49.6. The molecule has 2 unspecified atom stereocenters. The van der Waals surface area contributed by atoms with Gasteiger partial charge < -0.3 is 39.8 Å². The molecule has 0 radical (unpaired) electrons. The van der Waals surface area contributed by atoms with Gasteiger partial charge in [0.05, 0.1) is 29.0 Å². The Kier molecular flexibility index (Phi) is 24.1. The smallest absolute Gasteiger partial charge is 0.550 e. The third kappa shape index (κ3) is 17.6. The minimum Gasteiger partial charge on any atom is -0.550 e. The van der Waals surface area contributed by atoms with Crippen LogP contribution in [0.15, 0.2) is 194 Å². The van der Waals surface area contributed by atoms with Crippen molar-refractivity contribution >= 4 is 33.7 Å². The summed E-state index contributed by atoms with van der Waals surface area (Å²) >= 11 is 0. The van der Waals surface area contributed by atoms with Crippen molar-refractivity contribution < 1.29 is 53.2 Å². The maximum Gasteiger partial charge on any atom is 1.00 e. The van der Waals surface area contributed by atoms with Gasteiger partial charge in [0, 0.05) is 114 Å². The van der Waals surface area contributed by atoms with Gasteiger partial charge in [0.1, 0.15) is 36.9 Å². The molecule has 4 atom stereocenters. The average molecular weight is 1150 g/mol. The van der Waals surface area contributed by atoms with E-state index < -0.39 is 24.1 Å². The van der Waals surface area contributed by atoms with Crippen LogP contribution in [0.1, 0.15) is 60.0 Å². The van der Waals surface area contributed by atoms with Gasteiger partial charge in [-0.2, -0.15) is 0 Å². The fourth-order valence-corrected chi connectivity index (χ4v) is 12.5. The quantitative estimate of drug-likeness (QED) is 0.101. The maximum atomic E-state index is 13.6. The third-order valence-corrected chi connectivity index (χ3v) is 16.7. The van der Waals surface area contributed by atoms with Crippen LogP contribution in [-0.4, -0.2) is 174 Å². The molecule has 16 heteroatoms. The monoisotopic (exact) mass is 1150 g/mol. The number of rotatable bonds is 18. The van der Waals surface area contributed by atoms with E-state index in [4.69, 9.17) is 9.47 Å². The Bertz CT molecular complexity index is 3220. The van der Waals surface area contributed by atoms with E-state index in [0.29, 0.717) is 44.4 Å². The van der Waals surface area contributed by atoms with Crippen molar-refractivity contribution in [3.8, 4) is 11.5 Å². The van der Waals surface area contributed by atoms with Crippen LogP contribution in [0.25, 0.3) is 21.8 Å². The van der Waals surface area contributed by atoms with Crippen LogP contribution in [0.3, 0.4) is 0 Å². The van der Waals surface area contributed by atoms with Crippen molar-refractivity contribution in [3.63, 3.8) is 0 Å². The van der Waals surface area contributed by atoms with Gasteiger partial charge in [0.15, 0.2) is 0 Å². The fraction of sp³-hybridized carbons (Fsp3) is 0.371. The number of hydrogen-bond acceptors (Lipinski definition) is 14. The summed E-state index contributed by atoms with van der Waals surface area (Å²) in [5.74, 6) is 0.189. The number of fused-ring (bicyclic) bond motifs is 2. The predicted octanol–water partition coefficient (Wildman–Crippen LogP) is 4.74. The van der Waals surface area contributed by atoms with Gasteiger partial charge >= 0.3 is 18.9 Å². The molecule has 444 valence electrons. The molecule has 86 heavy (non-hydrogen) atoms. The van der Waals surface area contributed by atoms with E-state index in [2.05, 4.69) is 156 Å². The largest absolute Gasteiger partial charge is 1.00 e. The van der Waals surface area contributed by atoms with Crippen molar-refractivity contribution in [3.05, 3.63) is 217 Å². The molecular formula is C70H81LiN8O7. The molecule has 3 N–H and O–H groups in total. The summed E-state index contributed by atoms with van der Waals surface area (Å²) in [5.41, 5.74) is 7.05. The number of carboxylic acids is 1. The number of piperidine rings is 2. The number of aliphatic hydroxyl groups excluding tert-OH is 2. The van der Waals surface area contributed by atoms with E-state index in [1.807, 2.05) is 65.6 Å². The summed E-state index contributed by atoms with van der Waals surface area (Å²) in [4.78, 5) is 44.6. The number of carbonyl (C=O) groups is 2. The van der Waals surface area contributed by atoms with Gasteiger partial charge in [-0.3, -0.25) is 34.4 Å². The molecule has 4 aliphatic heterocycles. The van der Waals surface area contributed by atoms with Crippen LogP contribution in [0.5, 0.6) is 11.5 Å². The van der Waals surface area contributed by atoms with E-state index in [-0.39, 0.29) is 49.9 Å². The van der Waals surface area contributed by atoms with Crippen molar-refractivity contribution in [1.29, 1.82) is 0 Å². The molecule has 8 aromatic rings. The maximum absolute atomic E-state index is 13.6. The number of aliphatic hydroxyl groups is 2. The van der Waals surface area contributed by atoms with Crippen LogP contribution < -0.4 is 38.8 Å². The van der Waals surface area contributed by atoms with Gasteiger partial charge in [-0.15, -0.1) is 0 Å². The van der Waals surface area contributed by atoms with Crippen LogP contribution >= 0.6 is 0 Å². The Morgan fingerprint density at radius 1 is 0.500 bits per heavy atom. The first kappa shape index (κ1) is 63.5. The molecule has 12 rings (SSSR count). The van der Waals surface area contributed by atoms with Crippen LogP contribution in [0.4, 0.5) is 0 Å².